The van der Waals surface area contributed by atoms with Crippen LogP contribution in [0.2, 0.25) is 0 Å². The van der Waals surface area contributed by atoms with Crippen molar-refractivity contribution >= 4 is 17.7 Å². The maximum Gasteiger partial charge on any atom is 0.251 e. The predicted octanol–water partition coefficient (Wildman–Crippen LogP) is 4.08. The predicted molar refractivity (Wildman–Crippen MR) is 90.9 cm³/mol. The van der Waals surface area contributed by atoms with Crippen molar-refractivity contribution in [3.8, 4) is 0 Å². The molecule has 1 N–H and O–H groups in total. The molecule has 1 unspecified atom stereocenters. The van der Waals surface area contributed by atoms with Gasteiger partial charge in [0.2, 0.25) is 0 Å². The Bertz CT molecular complexity index is 566. The van der Waals surface area contributed by atoms with E-state index in [2.05, 4.69) is 30.6 Å². The van der Waals surface area contributed by atoms with E-state index in [0.29, 0.717) is 12.5 Å². The van der Waals surface area contributed by atoms with Crippen molar-refractivity contribution in [2.75, 3.05) is 12.8 Å². The van der Waals surface area contributed by atoms with Gasteiger partial charge in [0.15, 0.2) is 0 Å². The summed E-state index contributed by atoms with van der Waals surface area (Å²) >= 11 is 1.78. The van der Waals surface area contributed by atoms with Gasteiger partial charge in [-0.2, -0.15) is 11.8 Å². The first-order valence-corrected chi connectivity index (χ1v) is 8.51. The maximum atomic E-state index is 12.1. The number of carbonyl (C=O) groups excluding carboxylic acids is 1. The second-order valence-electron chi connectivity index (χ2n) is 5.15. The minimum absolute atomic E-state index is 0.00603. The second-order valence-corrected chi connectivity index (χ2v) is 6.02. The van der Waals surface area contributed by atoms with Crippen LogP contribution in [-0.2, 0) is 5.75 Å². The summed E-state index contributed by atoms with van der Waals surface area (Å²) in [6.07, 6.45) is 2.07. The van der Waals surface area contributed by atoms with Crippen LogP contribution in [0.5, 0.6) is 0 Å². The van der Waals surface area contributed by atoms with Crippen LogP contribution in [0, 0.1) is 0 Å². The highest BCUT2D eigenvalue weighted by Gasteiger charge is 2.09. The van der Waals surface area contributed by atoms with E-state index in [1.165, 1.54) is 11.1 Å². The highest BCUT2D eigenvalue weighted by Crippen LogP contribution is 2.14. The first-order chi connectivity index (χ1) is 10.2. The summed E-state index contributed by atoms with van der Waals surface area (Å²) in [5.74, 6) is 1.28. The molecule has 0 saturated heterocycles. The third-order valence-electron chi connectivity index (χ3n) is 3.46. The van der Waals surface area contributed by atoms with Crippen LogP contribution in [0.1, 0.15) is 34.3 Å². The normalized spacial score (nSPS) is 11.9. The Morgan fingerprint density at radius 1 is 1.10 bits per heavy atom. The Morgan fingerprint density at radius 3 is 2.38 bits per heavy atom. The lowest BCUT2D eigenvalue weighted by molar-refractivity contribution is 0.0951. The Labute approximate surface area is 131 Å². The van der Waals surface area contributed by atoms with Gasteiger partial charge < -0.3 is 5.32 Å². The zero-order valence-corrected chi connectivity index (χ0v) is 13.3. The first-order valence-electron chi connectivity index (χ1n) is 7.11. The lowest BCUT2D eigenvalue weighted by Gasteiger charge is -2.13. The smallest absolute Gasteiger partial charge is 0.251 e. The number of rotatable bonds is 6. The number of amides is 1. The van der Waals surface area contributed by atoms with Gasteiger partial charge in [0.05, 0.1) is 0 Å². The molecule has 110 valence electrons. The summed E-state index contributed by atoms with van der Waals surface area (Å²) in [6, 6.07) is 18.1. The fourth-order valence-corrected chi connectivity index (χ4v) is 2.69. The molecule has 0 aromatic heterocycles. The van der Waals surface area contributed by atoms with Crippen LogP contribution >= 0.6 is 11.8 Å². The van der Waals surface area contributed by atoms with Gasteiger partial charge in [0, 0.05) is 17.9 Å². The summed E-state index contributed by atoms with van der Waals surface area (Å²) < 4.78 is 0. The molecule has 1 atom stereocenters. The Hall–Kier alpha value is -1.74. The highest BCUT2D eigenvalue weighted by molar-refractivity contribution is 7.97. The third-order valence-corrected chi connectivity index (χ3v) is 4.09. The van der Waals surface area contributed by atoms with Crippen LogP contribution in [0.4, 0.5) is 0 Å². The monoisotopic (exact) mass is 299 g/mol. The molecule has 1 amide bonds. The van der Waals surface area contributed by atoms with E-state index in [1.54, 1.807) is 11.8 Å². The molecule has 0 fully saturated rings. The van der Waals surface area contributed by atoms with Crippen LogP contribution in [0.15, 0.2) is 54.6 Å². The fraction of sp³-hybridized carbons (Fsp3) is 0.278. The van der Waals surface area contributed by atoms with Crippen molar-refractivity contribution in [2.24, 2.45) is 0 Å². The van der Waals surface area contributed by atoms with Crippen LogP contribution < -0.4 is 5.32 Å². The van der Waals surface area contributed by atoms with Crippen LogP contribution in [0.25, 0.3) is 0 Å². The van der Waals surface area contributed by atoms with Crippen molar-refractivity contribution in [3.05, 3.63) is 71.3 Å². The Balaban J connectivity index is 1.89. The molecule has 0 saturated carbocycles. The molecule has 0 bridgehead atoms. The average Bonchev–Trinajstić information content (AvgIpc) is 2.54. The average molecular weight is 299 g/mol. The summed E-state index contributed by atoms with van der Waals surface area (Å²) in [6.45, 7) is 2.77. The van der Waals surface area contributed by atoms with Gasteiger partial charge in [-0.1, -0.05) is 49.4 Å². The van der Waals surface area contributed by atoms with Crippen molar-refractivity contribution in [2.45, 2.75) is 18.6 Å². The minimum Gasteiger partial charge on any atom is -0.351 e. The molecule has 21 heavy (non-hydrogen) atoms. The number of hydrogen-bond donors (Lipinski definition) is 1. The Kier molecular flexibility index (Phi) is 5.88. The molecule has 0 aliphatic carbocycles. The molecule has 2 aromatic carbocycles. The van der Waals surface area contributed by atoms with E-state index in [-0.39, 0.29) is 5.91 Å². The van der Waals surface area contributed by atoms with Crippen molar-refractivity contribution < 1.29 is 4.79 Å². The summed E-state index contributed by atoms with van der Waals surface area (Å²) in [7, 11) is 0. The van der Waals surface area contributed by atoms with Crippen molar-refractivity contribution in [1.82, 2.24) is 5.32 Å². The molecule has 2 nitrogen and oxygen atoms in total. The SMILES string of the molecule is CSCc1ccc(C(=O)NCC(C)c2ccccc2)cc1. The molecular weight excluding hydrogens is 278 g/mol. The highest BCUT2D eigenvalue weighted by atomic mass is 32.2. The summed E-state index contributed by atoms with van der Waals surface area (Å²) in [5.41, 5.74) is 3.21. The maximum absolute atomic E-state index is 12.1. The van der Waals surface area contributed by atoms with E-state index in [9.17, 15) is 4.79 Å². The quantitative estimate of drug-likeness (QED) is 0.870. The molecule has 0 spiro atoms. The van der Waals surface area contributed by atoms with E-state index in [0.717, 1.165) is 11.3 Å². The number of thioether (sulfide) groups is 1. The standard InChI is InChI=1S/C18H21NOS/c1-14(16-6-4-3-5-7-16)12-19-18(20)17-10-8-15(9-11-17)13-21-2/h3-11,14H,12-13H2,1-2H3,(H,19,20). The largest absolute Gasteiger partial charge is 0.351 e. The molecule has 3 heteroatoms. The molecule has 0 aliphatic heterocycles. The van der Waals surface area contributed by atoms with Crippen molar-refractivity contribution in [1.29, 1.82) is 0 Å². The number of nitrogens with one attached hydrogen (secondary N) is 1. The zero-order chi connectivity index (χ0) is 15.1. The van der Waals surface area contributed by atoms with Gasteiger partial charge in [-0.3, -0.25) is 4.79 Å². The molecule has 0 heterocycles. The first kappa shape index (κ1) is 15.6. The van der Waals surface area contributed by atoms with Crippen molar-refractivity contribution in [3.63, 3.8) is 0 Å². The lowest BCUT2D eigenvalue weighted by atomic mass is 10.0. The molecular formula is C18H21NOS. The number of benzene rings is 2. The Morgan fingerprint density at radius 2 is 1.76 bits per heavy atom. The lowest BCUT2D eigenvalue weighted by Crippen LogP contribution is -2.27. The molecule has 2 rings (SSSR count). The third kappa shape index (κ3) is 4.64. The second kappa shape index (κ2) is 7.89. The number of carbonyl (C=O) groups is 1. The van der Waals surface area contributed by atoms with E-state index >= 15 is 0 Å². The zero-order valence-electron chi connectivity index (χ0n) is 12.5. The van der Waals surface area contributed by atoms with Gasteiger partial charge in [0.1, 0.15) is 0 Å². The molecule has 0 aliphatic rings. The topological polar surface area (TPSA) is 29.1 Å². The van der Waals surface area contributed by atoms with E-state index in [1.807, 2.05) is 42.5 Å². The van der Waals surface area contributed by atoms with E-state index < -0.39 is 0 Å². The van der Waals surface area contributed by atoms with Gasteiger partial charge in [-0.25, -0.2) is 0 Å². The summed E-state index contributed by atoms with van der Waals surface area (Å²) in [5, 5.41) is 3.00. The summed E-state index contributed by atoms with van der Waals surface area (Å²) in [4.78, 5) is 12.1. The minimum atomic E-state index is -0.00603. The van der Waals surface area contributed by atoms with Gasteiger partial charge >= 0.3 is 0 Å². The van der Waals surface area contributed by atoms with Gasteiger partial charge in [0.25, 0.3) is 5.91 Å². The molecule has 0 radical (unpaired) electrons. The number of hydrogen-bond acceptors (Lipinski definition) is 2. The van der Waals surface area contributed by atoms with Gasteiger partial charge in [-0.15, -0.1) is 0 Å². The fourth-order valence-electron chi connectivity index (χ4n) is 2.17. The molecule has 2 aromatic rings. The van der Waals surface area contributed by atoms with Crippen LogP contribution in [0.3, 0.4) is 0 Å². The van der Waals surface area contributed by atoms with Gasteiger partial charge in [-0.05, 0) is 35.4 Å². The van der Waals surface area contributed by atoms with E-state index in [4.69, 9.17) is 0 Å². The van der Waals surface area contributed by atoms with Crippen LogP contribution in [-0.4, -0.2) is 18.7 Å².